The lowest BCUT2D eigenvalue weighted by Crippen LogP contribution is -2.53. The first-order valence-electron chi connectivity index (χ1n) is 13.7. The zero-order chi connectivity index (χ0) is 31.0. The second-order valence-corrected chi connectivity index (χ2v) is 12.7. The van der Waals surface area contributed by atoms with Gasteiger partial charge in [-0.1, -0.05) is 66.2 Å². The Labute approximate surface area is 256 Å². The van der Waals surface area contributed by atoms with Gasteiger partial charge in [-0.3, -0.25) is 13.9 Å². The molecule has 10 heteroatoms. The number of likely N-dealkylation sites (N-methyl/N-ethyl adjacent to an activating group) is 1. The SMILES string of the molecule is CNC(=O)[C@@H](Cc1ccccc1)N(Cc1ccccc1F)C(=O)CN(c1ccc(C)cc1)S(=O)(=O)c1ccc(SC)cc1. The van der Waals surface area contributed by atoms with Gasteiger partial charge >= 0.3 is 0 Å². The van der Waals surface area contributed by atoms with E-state index in [1.807, 2.05) is 43.5 Å². The van der Waals surface area contributed by atoms with E-state index in [2.05, 4.69) is 5.32 Å². The first-order chi connectivity index (χ1) is 20.6. The van der Waals surface area contributed by atoms with Crippen LogP contribution in [0.4, 0.5) is 10.1 Å². The van der Waals surface area contributed by atoms with E-state index in [0.717, 1.165) is 20.3 Å². The number of anilines is 1. The second kappa shape index (κ2) is 14.3. The maximum absolute atomic E-state index is 14.9. The van der Waals surface area contributed by atoms with Crippen LogP contribution in [0.3, 0.4) is 0 Å². The van der Waals surface area contributed by atoms with Gasteiger partial charge in [0, 0.05) is 30.5 Å². The van der Waals surface area contributed by atoms with Crippen LogP contribution in [-0.4, -0.2) is 51.0 Å². The number of aryl methyl sites for hydroxylation is 1. The Hall–Kier alpha value is -4.15. The van der Waals surface area contributed by atoms with Crippen molar-refractivity contribution in [2.75, 3.05) is 24.2 Å². The summed E-state index contributed by atoms with van der Waals surface area (Å²) in [5.74, 6) is -1.64. The number of carbonyl (C=O) groups excluding carboxylic acids is 2. The molecule has 4 aromatic rings. The Balaban J connectivity index is 1.79. The van der Waals surface area contributed by atoms with Gasteiger partial charge in [0.2, 0.25) is 11.8 Å². The molecule has 0 aliphatic carbocycles. The number of hydrogen-bond donors (Lipinski definition) is 1. The smallest absolute Gasteiger partial charge is 0.264 e. The van der Waals surface area contributed by atoms with Gasteiger partial charge in [0.15, 0.2) is 0 Å². The van der Waals surface area contributed by atoms with Crippen LogP contribution in [0.2, 0.25) is 0 Å². The van der Waals surface area contributed by atoms with Gasteiger partial charge in [-0.25, -0.2) is 12.8 Å². The van der Waals surface area contributed by atoms with Crippen molar-refractivity contribution in [1.29, 1.82) is 0 Å². The largest absolute Gasteiger partial charge is 0.357 e. The van der Waals surface area contributed by atoms with Gasteiger partial charge in [0.25, 0.3) is 10.0 Å². The number of benzene rings is 4. The van der Waals surface area contributed by atoms with Crippen molar-refractivity contribution in [1.82, 2.24) is 10.2 Å². The summed E-state index contributed by atoms with van der Waals surface area (Å²) in [5, 5.41) is 2.62. The molecule has 0 aliphatic heterocycles. The highest BCUT2D eigenvalue weighted by Crippen LogP contribution is 2.27. The summed E-state index contributed by atoms with van der Waals surface area (Å²) in [7, 11) is -2.74. The second-order valence-electron chi connectivity index (χ2n) is 9.96. The highest BCUT2D eigenvalue weighted by molar-refractivity contribution is 7.98. The fraction of sp³-hybridized carbons (Fsp3) is 0.212. The Morgan fingerprint density at radius 3 is 2.12 bits per heavy atom. The Morgan fingerprint density at radius 1 is 0.884 bits per heavy atom. The van der Waals surface area contributed by atoms with Gasteiger partial charge < -0.3 is 10.2 Å². The molecule has 0 saturated carbocycles. The van der Waals surface area contributed by atoms with Crippen molar-refractivity contribution in [2.45, 2.75) is 35.7 Å². The summed E-state index contributed by atoms with van der Waals surface area (Å²) >= 11 is 1.48. The lowest BCUT2D eigenvalue weighted by Gasteiger charge is -2.33. The Kier molecular flexibility index (Phi) is 10.6. The maximum atomic E-state index is 14.9. The molecule has 4 aromatic carbocycles. The Bertz CT molecular complexity index is 1650. The molecule has 0 radical (unpaired) electrons. The number of halogens is 1. The van der Waals surface area contributed by atoms with Gasteiger partial charge in [0.05, 0.1) is 10.6 Å². The topological polar surface area (TPSA) is 86.8 Å². The minimum absolute atomic E-state index is 0.0199. The lowest BCUT2D eigenvalue weighted by molar-refractivity contribution is -0.139. The molecule has 0 unspecified atom stereocenters. The van der Waals surface area contributed by atoms with E-state index in [4.69, 9.17) is 0 Å². The van der Waals surface area contributed by atoms with E-state index in [1.165, 1.54) is 41.9 Å². The number of nitrogens with zero attached hydrogens (tertiary/aromatic N) is 2. The average Bonchev–Trinajstić information content (AvgIpc) is 3.02. The molecule has 1 N–H and O–H groups in total. The molecule has 1 atom stereocenters. The number of carbonyl (C=O) groups is 2. The molecule has 7 nitrogen and oxygen atoms in total. The Morgan fingerprint density at radius 2 is 1.51 bits per heavy atom. The predicted octanol–water partition coefficient (Wildman–Crippen LogP) is 5.44. The normalized spacial score (nSPS) is 11.9. The minimum atomic E-state index is -4.21. The summed E-state index contributed by atoms with van der Waals surface area (Å²) in [5.41, 5.74) is 2.20. The van der Waals surface area contributed by atoms with E-state index in [1.54, 1.807) is 54.6 Å². The quantitative estimate of drug-likeness (QED) is 0.214. The molecule has 0 fully saturated rings. The van der Waals surface area contributed by atoms with Crippen molar-refractivity contribution >= 4 is 39.3 Å². The van der Waals surface area contributed by atoms with Crippen LogP contribution < -0.4 is 9.62 Å². The molecule has 0 spiro atoms. The third-order valence-corrected chi connectivity index (χ3v) is 9.60. The number of nitrogens with one attached hydrogen (secondary N) is 1. The van der Waals surface area contributed by atoms with Crippen molar-refractivity contribution in [3.63, 3.8) is 0 Å². The first-order valence-corrected chi connectivity index (χ1v) is 16.3. The van der Waals surface area contributed by atoms with E-state index in [9.17, 15) is 22.4 Å². The first kappa shape index (κ1) is 31.8. The van der Waals surface area contributed by atoms with Crippen LogP contribution in [0.15, 0.2) is 113 Å². The lowest BCUT2D eigenvalue weighted by atomic mass is 10.0. The molecule has 0 aliphatic rings. The fourth-order valence-electron chi connectivity index (χ4n) is 4.65. The van der Waals surface area contributed by atoms with Gasteiger partial charge in [-0.05, 0) is 61.2 Å². The van der Waals surface area contributed by atoms with Crippen LogP contribution in [0, 0.1) is 12.7 Å². The standard InChI is InChI=1S/C33H34FN3O4S2/c1-24-13-15-27(16-14-24)37(43(40,41)29-19-17-28(42-3)18-20-29)23-32(38)36(22-26-11-7-8-12-30(26)34)31(33(39)35-2)21-25-9-5-4-6-10-25/h4-20,31H,21-23H2,1-3H3,(H,35,39)/t31-/m1/s1. The van der Waals surface area contributed by atoms with Crippen LogP contribution in [0.1, 0.15) is 16.7 Å². The van der Waals surface area contributed by atoms with Crippen LogP contribution >= 0.6 is 11.8 Å². The average molecular weight is 620 g/mol. The number of hydrogen-bond acceptors (Lipinski definition) is 5. The summed E-state index contributed by atoms with van der Waals surface area (Å²) in [6.07, 6.45) is 2.04. The molecule has 0 bridgehead atoms. The van der Waals surface area contributed by atoms with E-state index in [-0.39, 0.29) is 23.4 Å². The zero-order valence-electron chi connectivity index (χ0n) is 24.2. The fourth-order valence-corrected chi connectivity index (χ4v) is 6.47. The molecular weight excluding hydrogens is 586 g/mol. The van der Waals surface area contributed by atoms with E-state index in [0.29, 0.717) is 5.69 Å². The number of amides is 2. The predicted molar refractivity (Wildman–Crippen MR) is 169 cm³/mol. The third-order valence-electron chi connectivity index (χ3n) is 7.06. The molecule has 0 heterocycles. The van der Waals surface area contributed by atoms with E-state index < -0.39 is 40.2 Å². The molecule has 2 amide bonds. The van der Waals surface area contributed by atoms with Crippen molar-refractivity contribution < 1.29 is 22.4 Å². The molecule has 224 valence electrons. The van der Waals surface area contributed by atoms with E-state index >= 15 is 0 Å². The van der Waals surface area contributed by atoms with Crippen LogP contribution in [-0.2, 0) is 32.6 Å². The van der Waals surface area contributed by atoms with Crippen molar-refractivity contribution in [2.24, 2.45) is 0 Å². The molecule has 43 heavy (non-hydrogen) atoms. The summed E-state index contributed by atoms with van der Waals surface area (Å²) in [6, 6.07) is 27.4. The van der Waals surface area contributed by atoms with Crippen molar-refractivity contribution in [3.8, 4) is 0 Å². The maximum Gasteiger partial charge on any atom is 0.264 e. The molecular formula is C33H34FN3O4S2. The number of thioether (sulfide) groups is 1. The summed E-state index contributed by atoms with van der Waals surface area (Å²) < 4.78 is 44.0. The highest BCUT2D eigenvalue weighted by atomic mass is 32.2. The number of sulfonamides is 1. The van der Waals surface area contributed by atoms with Crippen molar-refractivity contribution in [3.05, 3.63) is 126 Å². The van der Waals surface area contributed by atoms with Gasteiger partial charge in [-0.2, -0.15) is 0 Å². The zero-order valence-corrected chi connectivity index (χ0v) is 25.9. The molecule has 4 rings (SSSR count). The summed E-state index contributed by atoms with van der Waals surface area (Å²) in [4.78, 5) is 29.7. The third kappa shape index (κ3) is 7.82. The molecule has 0 aromatic heterocycles. The van der Waals surface area contributed by atoms with Crippen LogP contribution in [0.25, 0.3) is 0 Å². The molecule has 0 saturated heterocycles. The van der Waals surface area contributed by atoms with Gasteiger partial charge in [-0.15, -0.1) is 11.8 Å². The summed E-state index contributed by atoms with van der Waals surface area (Å²) in [6.45, 7) is 1.04. The minimum Gasteiger partial charge on any atom is -0.357 e. The monoisotopic (exact) mass is 619 g/mol. The highest BCUT2D eigenvalue weighted by Gasteiger charge is 2.34. The number of rotatable bonds is 12. The van der Waals surface area contributed by atoms with Crippen LogP contribution in [0.5, 0.6) is 0 Å². The van der Waals surface area contributed by atoms with Gasteiger partial charge in [0.1, 0.15) is 18.4 Å².